The minimum absolute atomic E-state index is 0.721. The van der Waals surface area contributed by atoms with Gasteiger partial charge >= 0.3 is 0 Å². The van der Waals surface area contributed by atoms with Crippen LogP contribution >= 0.6 is 11.6 Å². The summed E-state index contributed by atoms with van der Waals surface area (Å²) in [4.78, 5) is 4.53. The number of nitrogens with two attached hydrogens (primary N) is 1. The van der Waals surface area contributed by atoms with Gasteiger partial charge in [-0.05, 0) is 55.8 Å². The van der Waals surface area contributed by atoms with Crippen LogP contribution in [0.3, 0.4) is 0 Å². The number of hydrogen-bond donors (Lipinski definition) is 2. The third kappa shape index (κ3) is 2.78. The van der Waals surface area contributed by atoms with E-state index in [1.165, 1.54) is 0 Å². The minimum atomic E-state index is 0.721. The van der Waals surface area contributed by atoms with E-state index in [1.807, 2.05) is 56.3 Å². The number of aromatic nitrogens is 1. The molecule has 0 atom stereocenters. The molecule has 0 aliphatic heterocycles. The van der Waals surface area contributed by atoms with Gasteiger partial charge in [0.2, 0.25) is 0 Å². The average Bonchev–Trinajstić information content (AvgIpc) is 2.43. The van der Waals surface area contributed by atoms with E-state index < -0.39 is 0 Å². The van der Waals surface area contributed by atoms with Crippen LogP contribution in [-0.2, 0) is 0 Å². The lowest BCUT2D eigenvalue weighted by Crippen LogP contribution is -1.96. The first-order valence-corrected chi connectivity index (χ1v) is 7.11. The lowest BCUT2D eigenvalue weighted by Gasteiger charge is -2.12. The molecule has 0 fully saturated rings. The molecule has 3 aromatic rings. The molecule has 0 saturated heterocycles. The van der Waals surface area contributed by atoms with E-state index >= 15 is 0 Å². The third-order valence-electron chi connectivity index (χ3n) is 3.41. The van der Waals surface area contributed by atoms with Crippen molar-refractivity contribution in [3.8, 4) is 0 Å². The van der Waals surface area contributed by atoms with Gasteiger partial charge in [-0.1, -0.05) is 17.7 Å². The fourth-order valence-electron chi connectivity index (χ4n) is 2.31. The molecule has 21 heavy (non-hydrogen) atoms. The fourth-order valence-corrected chi connectivity index (χ4v) is 2.49. The number of nitrogen functional groups attached to an aromatic ring is 1. The monoisotopic (exact) mass is 297 g/mol. The maximum atomic E-state index is 6.18. The van der Waals surface area contributed by atoms with Crippen LogP contribution in [0, 0.1) is 13.8 Å². The molecular weight excluding hydrogens is 282 g/mol. The van der Waals surface area contributed by atoms with E-state index in [4.69, 9.17) is 17.3 Å². The molecule has 2 aromatic carbocycles. The topological polar surface area (TPSA) is 50.9 Å². The summed E-state index contributed by atoms with van der Waals surface area (Å²) in [7, 11) is 0. The highest BCUT2D eigenvalue weighted by Gasteiger charge is 2.06. The molecule has 0 radical (unpaired) electrons. The maximum absolute atomic E-state index is 6.18. The number of halogens is 1. The molecule has 106 valence electrons. The number of rotatable bonds is 2. The summed E-state index contributed by atoms with van der Waals surface area (Å²) in [6, 6.07) is 13.7. The number of anilines is 3. The Hall–Kier alpha value is -2.26. The molecule has 0 unspecified atom stereocenters. The summed E-state index contributed by atoms with van der Waals surface area (Å²) in [6.45, 7) is 3.96. The second-order valence-electron chi connectivity index (χ2n) is 5.18. The van der Waals surface area contributed by atoms with Crippen molar-refractivity contribution >= 4 is 39.6 Å². The standard InChI is InChI=1S/C17H16ClN3/c1-10-3-5-13(9-15(10)18)21-17-7-11(2)20-16-6-4-12(19)8-14(16)17/h3-9H,19H2,1-2H3,(H,20,21). The van der Waals surface area contributed by atoms with Crippen LogP contribution < -0.4 is 11.1 Å². The lowest BCUT2D eigenvalue weighted by molar-refractivity contribution is 1.25. The zero-order valence-corrected chi connectivity index (χ0v) is 12.7. The van der Waals surface area contributed by atoms with Crippen molar-refractivity contribution in [3.05, 3.63) is 58.7 Å². The van der Waals surface area contributed by atoms with Gasteiger partial charge in [0, 0.05) is 33.2 Å². The zero-order chi connectivity index (χ0) is 15.0. The lowest BCUT2D eigenvalue weighted by atomic mass is 10.1. The van der Waals surface area contributed by atoms with E-state index in [0.29, 0.717) is 0 Å². The quantitative estimate of drug-likeness (QED) is 0.666. The second kappa shape index (κ2) is 5.26. The molecular formula is C17H16ClN3. The van der Waals surface area contributed by atoms with E-state index in [2.05, 4.69) is 10.3 Å². The van der Waals surface area contributed by atoms with Gasteiger partial charge in [0.05, 0.1) is 5.52 Å². The Labute approximate surface area is 128 Å². The van der Waals surface area contributed by atoms with Gasteiger partial charge in [0.25, 0.3) is 0 Å². The largest absolute Gasteiger partial charge is 0.399 e. The molecule has 0 amide bonds. The maximum Gasteiger partial charge on any atom is 0.0727 e. The average molecular weight is 298 g/mol. The van der Waals surface area contributed by atoms with E-state index in [0.717, 1.165) is 44.2 Å². The summed E-state index contributed by atoms with van der Waals surface area (Å²) in [5.41, 5.74) is 11.5. The first-order valence-electron chi connectivity index (χ1n) is 6.73. The Morgan fingerprint density at radius 2 is 1.86 bits per heavy atom. The molecule has 3 N–H and O–H groups in total. The highest BCUT2D eigenvalue weighted by atomic mass is 35.5. The van der Waals surface area contributed by atoms with Crippen molar-refractivity contribution < 1.29 is 0 Å². The fraction of sp³-hybridized carbons (Fsp3) is 0.118. The normalized spacial score (nSPS) is 10.8. The predicted octanol–water partition coefficient (Wildman–Crippen LogP) is 4.83. The van der Waals surface area contributed by atoms with Crippen LogP contribution in [0.25, 0.3) is 10.9 Å². The Morgan fingerprint density at radius 1 is 1.05 bits per heavy atom. The van der Waals surface area contributed by atoms with E-state index in [1.54, 1.807) is 0 Å². The Balaban J connectivity index is 2.10. The summed E-state index contributed by atoms with van der Waals surface area (Å²) >= 11 is 6.18. The smallest absolute Gasteiger partial charge is 0.0727 e. The van der Waals surface area contributed by atoms with Gasteiger partial charge in [0.15, 0.2) is 0 Å². The second-order valence-corrected chi connectivity index (χ2v) is 5.58. The Kier molecular flexibility index (Phi) is 3.43. The predicted molar refractivity (Wildman–Crippen MR) is 90.4 cm³/mol. The van der Waals surface area contributed by atoms with Crippen LogP contribution in [0.4, 0.5) is 17.1 Å². The number of nitrogens with zero attached hydrogens (tertiary/aromatic N) is 1. The Bertz CT molecular complexity index is 828. The number of hydrogen-bond acceptors (Lipinski definition) is 3. The van der Waals surface area contributed by atoms with Crippen LogP contribution in [-0.4, -0.2) is 4.98 Å². The van der Waals surface area contributed by atoms with E-state index in [9.17, 15) is 0 Å². The van der Waals surface area contributed by atoms with Gasteiger partial charge in [-0.2, -0.15) is 0 Å². The molecule has 1 aromatic heterocycles. The van der Waals surface area contributed by atoms with Crippen molar-refractivity contribution in [3.63, 3.8) is 0 Å². The minimum Gasteiger partial charge on any atom is -0.399 e. The summed E-state index contributed by atoms with van der Waals surface area (Å²) in [5, 5.41) is 5.15. The molecule has 1 heterocycles. The summed E-state index contributed by atoms with van der Waals surface area (Å²) < 4.78 is 0. The van der Waals surface area contributed by atoms with Crippen molar-refractivity contribution in [2.24, 2.45) is 0 Å². The Morgan fingerprint density at radius 3 is 2.62 bits per heavy atom. The van der Waals surface area contributed by atoms with Gasteiger partial charge in [-0.25, -0.2) is 0 Å². The molecule has 3 nitrogen and oxygen atoms in total. The number of pyridine rings is 1. The zero-order valence-electron chi connectivity index (χ0n) is 11.9. The number of fused-ring (bicyclic) bond motifs is 1. The highest BCUT2D eigenvalue weighted by molar-refractivity contribution is 6.31. The van der Waals surface area contributed by atoms with Crippen LogP contribution in [0.15, 0.2) is 42.5 Å². The van der Waals surface area contributed by atoms with Gasteiger partial charge in [-0.3, -0.25) is 4.98 Å². The molecule has 3 rings (SSSR count). The molecule has 0 aliphatic carbocycles. The van der Waals surface area contributed by atoms with E-state index in [-0.39, 0.29) is 0 Å². The van der Waals surface area contributed by atoms with Crippen LogP contribution in [0.5, 0.6) is 0 Å². The van der Waals surface area contributed by atoms with Crippen molar-refractivity contribution in [1.29, 1.82) is 0 Å². The van der Waals surface area contributed by atoms with Crippen molar-refractivity contribution in [1.82, 2.24) is 4.98 Å². The van der Waals surface area contributed by atoms with Crippen molar-refractivity contribution in [2.75, 3.05) is 11.1 Å². The number of aryl methyl sites for hydroxylation is 2. The highest BCUT2D eigenvalue weighted by Crippen LogP contribution is 2.29. The first kappa shape index (κ1) is 13.7. The SMILES string of the molecule is Cc1cc(Nc2ccc(C)c(Cl)c2)c2cc(N)ccc2n1. The van der Waals surface area contributed by atoms with Gasteiger partial charge in [0.1, 0.15) is 0 Å². The molecule has 0 bridgehead atoms. The van der Waals surface area contributed by atoms with Crippen LogP contribution in [0.1, 0.15) is 11.3 Å². The number of nitrogens with one attached hydrogen (secondary N) is 1. The molecule has 0 saturated carbocycles. The van der Waals surface area contributed by atoms with Crippen LogP contribution in [0.2, 0.25) is 5.02 Å². The molecule has 0 aliphatic rings. The third-order valence-corrected chi connectivity index (χ3v) is 3.82. The first-order chi connectivity index (χ1) is 10.0. The van der Waals surface area contributed by atoms with Gasteiger partial charge < -0.3 is 11.1 Å². The summed E-state index contributed by atoms with van der Waals surface area (Å²) in [5.74, 6) is 0. The summed E-state index contributed by atoms with van der Waals surface area (Å²) in [6.07, 6.45) is 0. The molecule has 0 spiro atoms. The van der Waals surface area contributed by atoms with Gasteiger partial charge in [-0.15, -0.1) is 0 Å². The van der Waals surface area contributed by atoms with Crippen molar-refractivity contribution in [2.45, 2.75) is 13.8 Å². The molecule has 4 heteroatoms. The number of benzene rings is 2.